The number of anilines is 1. The summed E-state index contributed by atoms with van der Waals surface area (Å²) < 4.78 is 13.4. The second kappa shape index (κ2) is 7.97. The number of aromatic nitrogens is 4. The summed E-state index contributed by atoms with van der Waals surface area (Å²) in [6.07, 6.45) is 0.680. The molecule has 0 atom stereocenters. The molecule has 0 saturated carbocycles. The maximum atomic E-state index is 13.4. The van der Waals surface area contributed by atoms with Crippen molar-refractivity contribution in [3.8, 4) is 11.4 Å². The summed E-state index contributed by atoms with van der Waals surface area (Å²) in [5.41, 5.74) is 10.7. The molecule has 4 rings (SSSR count). The number of aryl methyl sites for hydroxylation is 2. The lowest BCUT2D eigenvalue weighted by molar-refractivity contribution is 0.626. The fraction of sp³-hybridized carbons (Fsp3) is 0.227. The number of H-pyrrole nitrogens is 1. The zero-order chi connectivity index (χ0) is 20.4. The Hall–Kier alpha value is -3.32. The Bertz CT molecular complexity index is 1170. The molecule has 0 saturated heterocycles. The van der Waals surface area contributed by atoms with Gasteiger partial charge in [-0.2, -0.15) is 9.97 Å². The van der Waals surface area contributed by atoms with Crippen LogP contribution in [0, 0.1) is 12.7 Å². The average molecular weight is 390 g/mol. The Balaban J connectivity index is 1.74. The first kappa shape index (κ1) is 19.0. The topological polar surface area (TPSA) is 92.5 Å². The largest absolute Gasteiger partial charge is 0.358 e. The third kappa shape index (κ3) is 3.82. The predicted octanol–water partition coefficient (Wildman–Crippen LogP) is 4.10. The zero-order valence-electron chi connectivity index (χ0n) is 16.5. The van der Waals surface area contributed by atoms with E-state index in [1.807, 2.05) is 38.1 Å². The summed E-state index contributed by atoms with van der Waals surface area (Å²) in [5, 5.41) is 4.23. The van der Waals surface area contributed by atoms with Crippen molar-refractivity contribution < 1.29 is 4.39 Å². The van der Waals surface area contributed by atoms with Crippen molar-refractivity contribution in [2.24, 2.45) is 5.73 Å². The third-order valence-corrected chi connectivity index (χ3v) is 4.89. The lowest BCUT2D eigenvalue weighted by atomic mass is 10.1. The van der Waals surface area contributed by atoms with Crippen molar-refractivity contribution in [1.82, 2.24) is 19.9 Å². The number of aromatic amines is 1. The molecule has 0 amide bonds. The summed E-state index contributed by atoms with van der Waals surface area (Å²) >= 11 is 0. The summed E-state index contributed by atoms with van der Waals surface area (Å²) in [6.45, 7) is 4.89. The highest BCUT2D eigenvalue weighted by Crippen LogP contribution is 2.32. The maximum absolute atomic E-state index is 13.4. The number of nitrogens with one attached hydrogen (secondary N) is 2. The lowest BCUT2D eigenvalue weighted by Gasteiger charge is -2.09. The number of nitrogens with zero attached hydrogens (tertiary/aromatic N) is 3. The van der Waals surface area contributed by atoms with E-state index >= 15 is 0 Å². The number of hydrogen-bond acceptors (Lipinski definition) is 5. The molecule has 0 radical (unpaired) electrons. The molecule has 2 heterocycles. The van der Waals surface area contributed by atoms with Crippen LogP contribution in [-0.2, 0) is 19.5 Å². The Morgan fingerprint density at radius 2 is 1.93 bits per heavy atom. The molecule has 6 nitrogen and oxygen atoms in total. The van der Waals surface area contributed by atoms with Crippen LogP contribution in [0.4, 0.5) is 10.3 Å². The van der Waals surface area contributed by atoms with Gasteiger partial charge < -0.3 is 16.0 Å². The first-order chi connectivity index (χ1) is 14.1. The highest BCUT2D eigenvalue weighted by molar-refractivity contribution is 5.97. The predicted molar refractivity (Wildman–Crippen MR) is 113 cm³/mol. The molecule has 7 heteroatoms. The zero-order valence-corrected chi connectivity index (χ0v) is 16.5. The third-order valence-electron chi connectivity index (χ3n) is 4.89. The van der Waals surface area contributed by atoms with Gasteiger partial charge in [-0.25, -0.2) is 9.37 Å². The molecule has 2 aromatic heterocycles. The van der Waals surface area contributed by atoms with E-state index in [1.54, 1.807) is 6.07 Å². The van der Waals surface area contributed by atoms with Crippen LogP contribution in [0.2, 0.25) is 0 Å². The van der Waals surface area contributed by atoms with Gasteiger partial charge in [-0.3, -0.25) is 0 Å². The van der Waals surface area contributed by atoms with Crippen LogP contribution in [0.25, 0.3) is 22.3 Å². The van der Waals surface area contributed by atoms with Crippen molar-refractivity contribution in [2.45, 2.75) is 33.4 Å². The first-order valence-electron chi connectivity index (χ1n) is 9.63. The second-order valence-electron chi connectivity index (χ2n) is 6.90. The number of para-hydroxylation sites is 1. The van der Waals surface area contributed by atoms with Gasteiger partial charge in [0.1, 0.15) is 11.6 Å². The Morgan fingerprint density at radius 1 is 1.10 bits per heavy atom. The molecule has 4 N–H and O–H groups in total. The molecule has 0 fully saturated rings. The molecule has 2 aromatic carbocycles. The van der Waals surface area contributed by atoms with E-state index in [9.17, 15) is 4.39 Å². The second-order valence-corrected chi connectivity index (χ2v) is 6.90. The van der Waals surface area contributed by atoms with Crippen LogP contribution in [0.3, 0.4) is 0 Å². The van der Waals surface area contributed by atoms with Gasteiger partial charge in [0.2, 0.25) is 5.95 Å². The van der Waals surface area contributed by atoms with E-state index in [1.165, 1.54) is 12.1 Å². The molecule has 0 unspecified atom stereocenters. The highest BCUT2D eigenvalue weighted by atomic mass is 19.1. The Labute approximate surface area is 168 Å². The van der Waals surface area contributed by atoms with Gasteiger partial charge in [0, 0.05) is 36.2 Å². The fourth-order valence-corrected chi connectivity index (χ4v) is 3.46. The van der Waals surface area contributed by atoms with E-state index in [2.05, 4.69) is 25.3 Å². The fourth-order valence-electron chi connectivity index (χ4n) is 3.46. The molecule has 148 valence electrons. The van der Waals surface area contributed by atoms with Crippen molar-refractivity contribution >= 4 is 16.9 Å². The van der Waals surface area contributed by atoms with E-state index < -0.39 is 0 Å². The van der Waals surface area contributed by atoms with Crippen LogP contribution in [-0.4, -0.2) is 19.9 Å². The standard InChI is InChI=1S/C22H23FN6/c1-3-18-27-21(19-13(2)26-20-15(11-24)7-5-9-17(19)20)29-22(28-18)25-12-14-6-4-8-16(23)10-14/h4-10,26H,3,11-12,24H2,1-2H3,(H,25,27,28,29). The van der Waals surface area contributed by atoms with Crippen LogP contribution < -0.4 is 11.1 Å². The van der Waals surface area contributed by atoms with Crippen molar-refractivity contribution in [3.63, 3.8) is 0 Å². The van der Waals surface area contributed by atoms with Gasteiger partial charge in [-0.15, -0.1) is 0 Å². The quantitative estimate of drug-likeness (QED) is 0.461. The van der Waals surface area contributed by atoms with Crippen molar-refractivity contribution in [3.05, 3.63) is 70.9 Å². The summed E-state index contributed by atoms with van der Waals surface area (Å²) in [5.74, 6) is 1.51. The first-order valence-corrected chi connectivity index (χ1v) is 9.63. The number of rotatable bonds is 6. The average Bonchev–Trinajstić information content (AvgIpc) is 3.08. The van der Waals surface area contributed by atoms with E-state index in [0.717, 1.165) is 33.3 Å². The summed E-state index contributed by atoms with van der Waals surface area (Å²) in [6, 6.07) is 12.5. The minimum Gasteiger partial charge on any atom is -0.358 e. The monoisotopic (exact) mass is 390 g/mol. The summed E-state index contributed by atoms with van der Waals surface area (Å²) in [4.78, 5) is 17.2. The minimum absolute atomic E-state index is 0.264. The molecule has 0 spiro atoms. The normalized spacial score (nSPS) is 11.2. The van der Waals surface area contributed by atoms with Crippen LogP contribution >= 0.6 is 0 Å². The molecule has 0 aliphatic heterocycles. The molecule has 0 aliphatic carbocycles. The molecule has 0 bridgehead atoms. The maximum Gasteiger partial charge on any atom is 0.226 e. The van der Waals surface area contributed by atoms with Gasteiger partial charge in [0.25, 0.3) is 0 Å². The van der Waals surface area contributed by atoms with Gasteiger partial charge >= 0.3 is 0 Å². The molecule has 4 aromatic rings. The number of halogens is 1. The lowest BCUT2D eigenvalue weighted by Crippen LogP contribution is -2.08. The number of nitrogens with two attached hydrogens (primary N) is 1. The van der Waals surface area contributed by atoms with Crippen LogP contribution in [0.1, 0.15) is 29.6 Å². The van der Waals surface area contributed by atoms with Gasteiger partial charge in [-0.05, 0) is 30.2 Å². The van der Waals surface area contributed by atoms with Gasteiger partial charge in [0.15, 0.2) is 5.82 Å². The van der Waals surface area contributed by atoms with Crippen LogP contribution in [0.15, 0.2) is 42.5 Å². The number of hydrogen-bond donors (Lipinski definition) is 3. The minimum atomic E-state index is -0.264. The SMILES string of the molecule is CCc1nc(NCc2cccc(F)c2)nc(-c2c(C)[nH]c3c(CN)cccc23)n1. The number of fused-ring (bicyclic) bond motifs is 1. The molecular formula is C22H23FN6. The van der Waals surface area contributed by atoms with Crippen molar-refractivity contribution in [2.75, 3.05) is 5.32 Å². The molecular weight excluding hydrogens is 367 g/mol. The van der Waals surface area contributed by atoms with Crippen LogP contribution in [0.5, 0.6) is 0 Å². The van der Waals surface area contributed by atoms with E-state index in [0.29, 0.717) is 37.1 Å². The van der Waals surface area contributed by atoms with Gasteiger partial charge in [0.05, 0.1) is 5.52 Å². The smallest absolute Gasteiger partial charge is 0.226 e. The molecule has 29 heavy (non-hydrogen) atoms. The number of benzene rings is 2. The Morgan fingerprint density at radius 3 is 2.69 bits per heavy atom. The molecule has 0 aliphatic rings. The van der Waals surface area contributed by atoms with E-state index in [4.69, 9.17) is 5.73 Å². The van der Waals surface area contributed by atoms with Gasteiger partial charge in [-0.1, -0.05) is 37.3 Å². The highest BCUT2D eigenvalue weighted by Gasteiger charge is 2.17. The van der Waals surface area contributed by atoms with Crippen molar-refractivity contribution in [1.29, 1.82) is 0 Å². The summed E-state index contributed by atoms with van der Waals surface area (Å²) in [7, 11) is 0. The Kier molecular flexibility index (Phi) is 5.22. The van der Waals surface area contributed by atoms with E-state index in [-0.39, 0.29) is 5.82 Å².